The van der Waals surface area contributed by atoms with Gasteiger partial charge in [0, 0.05) is 30.4 Å². The minimum Gasteiger partial charge on any atom is -0.473 e. The molecule has 0 bridgehead atoms. The maximum atomic E-state index is 5.84. The van der Waals surface area contributed by atoms with E-state index in [2.05, 4.69) is 25.4 Å². The van der Waals surface area contributed by atoms with Gasteiger partial charge < -0.3 is 10.1 Å². The Kier molecular flexibility index (Phi) is 5.22. The lowest BCUT2D eigenvalue weighted by atomic mass is 10.1. The predicted octanol–water partition coefficient (Wildman–Crippen LogP) is 4.38. The predicted molar refractivity (Wildman–Crippen MR) is 119 cm³/mol. The van der Waals surface area contributed by atoms with Crippen LogP contribution in [0.1, 0.15) is 11.1 Å². The molecule has 31 heavy (non-hydrogen) atoms. The molecule has 152 valence electrons. The summed E-state index contributed by atoms with van der Waals surface area (Å²) in [5.74, 6) is 1.95. The molecular formula is C24H20N6O. The highest BCUT2D eigenvalue weighted by molar-refractivity contribution is 5.65. The second-order valence-corrected chi connectivity index (χ2v) is 6.99. The minimum absolute atomic E-state index is 0.481. The van der Waals surface area contributed by atoms with Gasteiger partial charge in [0.25, 0.3) is 5.78 Å². The number of hydrogen-bond acceptors (Lipinski definition) is 6. The molecule has 5 aromatic rings. The van der Waals surface area contributed by atoms with E-state index < -0.39 is 0 Å². The van der Waals surface area contributed by atoms with Crippen molar-refractivity contribution >= 4 is 11.6 Å². The monoisotopic (exact) mass is 408 g/mol. The third-order valence-corrected chi connectivity index (χ3v) is 4.82. The molecule has 0 aliphatic carbocycles. The van der Waals surface area contributed by atoms with Crippen molar-refractivity contribution in [2.24, 2.45) is 0 Å². The maximum Gasteiger partial charge on any atom is 0.254 e. The zero-order valence-electron chi connectivity index (χ0n) is 16.7. The van der Waals surface area contributed by atoms with E-state index in [1.165, 1.54) is 6.33 Å². The van der Waals surface area contributed by atoms with E-state index >= 15 is 0 Å². The number of ether oxygens (including phenoxy) is 1. The molecule has 0 saturated carbocycles. The molecule has 0 amide bonds. The zero-order chi connectivity index (χ0) is 20.9. The number of nitrogens with one attached hydrogen (secondary N) is 1. The Morgan fingerprint density at radius 2 is 1.65 bits per heavy atom. The number of pyridine rings is 1. The summed E-state index contributed by atoms with van der Waals surface area (Å²) in [6.07, 6.45) is 3.26. The zero-order valence-corrected chi connectivity index (χ0v) is 16.7. The Bertz CT molecular complexity index is 1290. The molecule has 0 radical (unpaired) electrons. The van der Waals surface area contributed by atoms with Gasteiger partial charge >= 0.3 is 0 Å². The molecule has 0 fully saturated rings. The summed E-state index contributed by atoms with van der Waals surface area (Å²) < 4.78 is 7.54. The highest BCUT2D eigenvalue weighted by Crippen LogP contribution is 2.22. The van der Waals surface area contributed by atoms with E-state index in [0.717, 1.165) is 28.2 Å². The van der Waals surface area contributed by atoms with Crippen LogP contribution in [0.4, 0.5) is 5.82 Å². The van der Waals surface area contributed by atoms with Crippen molar-refractivity contribution in [3.05, 3.63) is 103 Å². The highest BCUT2D eigenvalue weighted by Gasteiger charge is 2.09. The fourth-order valence-corrected chi connectivity index (χ4v) is 3.26. The molecule has 0 unspecified atom stereocenters. The average Bonchev–Trinajstić information content (AvgIpc) is 3.32. The van der Waals surface area contributed by atoms with Crippen molar-refractivity contribution in [2.75, 3.05) is 5.32 Å². The molecule has 3 heterocycles. The van der Waals surface area contributed by atoms with Crippen LogP contribution in [-0.4, -0.2) is 24.6 Å². The molecule has 0 aliphatic heterocycles. The summed E-state index contributed by atoms with van der Waals surface area (Å²) >= 11 is 0. The molecule has 5 rings (SSSR count). The molecule has 2 aromatic carbocycles. The van der Waals surface area contributed by atoms with Gasteiger partial charge in [-0.05, 0) is 17.2 Å². The number of nitrogens with zero attached hydrogens (tertiary/aromatic N) is 5. The van der Waals surface area contributed by atoms with E-state index in [0.29, 0.717) is 24.8 Å². The van der Waals surface area contributed by atoms with Crippen LogP contribution >= 0.6 is 0 Å². The van der Waals surface area contributed by atoms with Gasteiger partial charge in [0.2, 0.25) is 5.88 Å². The summed E-state index contributed by atoms with van der Waals surface area (Å²) in [4.78, 5) is 13.2. The van der Waals surface area contributed by atoms with Gasteiger partial charge in [-0.3, -0.25) is 0 Å². The number of anilines is 1. The molecular weight excluding hydrogens is 388 g/mol. The number of rotatable bonds is 7. The van der Waals surface area contributed by atoms with Crippen molar-refractivity contribution in [3.63, 3.8) is 0 Å². The second kappa shape index (κ2) is 8.62. The third kappa shape index (κ3) is 4.35. The third-order valence-electron chi connectivity index (χ3n) is 4.82. The topological polar surface area (TPSA) is 77.2 Å². The van der Waals surface area contributed by atoms with Gasteiger partial charge in [-0.1, -0.05) is 60.7 Å². The number of benzene rings is 2. The molecule has 7 nitrogen and oxygen atoms in total. The lowest BCUT2D eigenvalue weighted by Crippen LogP contribution is -2.07. The van der Waals surface area contributed by atoms with Crippen LogP contribution in [0.3, 0.4) is 0 Å². The Morgan fingerprint density at radius 3 is 2.48 bits per heavy atom. The number of aromatic nitrogens is 5. The van der Waals surface area contributed by atoms with Crippen LogP contribution in [0.2, 0.25) is 0 Å². The van der Waals surface area contributed by atoms with Crippen molar-refractivity contribution in [3.8, 4) is 17.1 Å². The average molecular weight is 408 g/mol. The summed E-state index contributed by atoms with van der Waals surface area (Å²) in [5, 5.41) is 7.73. The molecule has 0 spiro atoms. The summed E-state index contributed by atoms with van der Waals surface area (Å²) in [6, 6.07) is 25.9. The van der Waals surface area contributed by atoms with E-state index in [1.54, 1.807) is 10.7 Å². The summed E-state index contributed by atoms with van der Waals surface area (Å²) in [7, 11) is 0. The van der Waals surface area contributed by atoms with E-state index in [9.17, 15) is 0 Å². The van der Waals surface area contributed by atoms with Crippen LogP contribution in [0.15, 0.2) is 91.4 Å². The van der Waals surface area contributed by atoms with Crippen molar-refractivity contribution in [1.82, 2.24) is 24.6 Å². The first-order chi connectivity index (χ1) is 15.3. The summed E-state index contributed by atoms with van der Waals surface area (Å²) in [5.41, 5.74) is 4.01. The maximum absolute atomic E-state index is 5.84. The van der Waals surface area contributed by atoms with Crippen LogP contribution < -0.4 is 10.1 Å². The Labute approximate surface area is 179 Å². The normalized spacial score (nSPS) is 10.8. The van der Waals surface area contributed by atoms with Crippen LogP contribution in [-0.2, 0) is 13.2 Å². The SMILES string of the molecule is c1ccc(COc2cc(CNc3cc(-c4ccccc4)nc4ncnn34)ccn2)cc1. The van der Waals surface area contributed by atoms with Crippen LogP contribution in [0, 0.1) is 0 Å². The molecule has 0 atom stereocenters. The second-order valence-electron chi connectivity index (χ2n) is 6.99. The van der Waals surface area contributed by atoms with Crippen molar-refractivity contribution in [1.29, 1.82) is 0 Å². The van der Waals surface area contributed by atoms with Gasteiger partial charge in [-0.25, -0.2) is 9.97 Å². The fraction of sp³-hybridized carbons (Fsp3) is 0.0833. The smallest absolute Gasteiger partial charge is 0.254 e. The number of hydrogen-bond donors (Lipinski definition) is 1. The van der Waals surface area contributed by atoms with Crippen molar-refractivity contribution < 1.29 is 4.74 Å². The first kappa shape index (κ1) is 18.7. The van der Waals surface area contributed by atoms with Gasteiger partial charge in [0.15, 0.2) is 0 Å². The molecule has 3 aromatic heterocycles. The Hall–Kier alpha value is -4.26. The fourth-order valence-electron chi connectivity index (χ4n) is 3.26. The number of fused-ring (bicyclic) bond motifs is 1. The van der Waals surface area contributed by atoms with Gasteiger partial charge in [0.1, 0.15) is 18.8 Å². The highest BCUT2D eigenvalue weighted by atomic mass is 16.5. The van der Waals surface area contributed by atoms with Crippen LogP contribution in [0.5, 0.6) is 5.88 Å². The molecule has 1 N–H and O–H groups in total. The summed E-state index contributed by atoms with van der Waals surface area (Å²) in [6.45, 7) is 1.06. The van der Waals surface area contributed by atoms with Crippen molar-refractivity contribution in [2.45, 2.75) is 13.2 Å². The quantitative estimate of drug-likeness (QED) is 0.431. The Balaban J connectivity index is 1.33. The van der Waals surface area contributed by atoms with Crippen LogP contribution in [0.25, 0.3) is 17.0 Å². The molecule has 0 saturated heterocycles. The van der Waals surface area contributed by atoms with E-state index in [4.69, 9.17) is 4.74 Å². The largest absolute Gasteiger partial charge is 0.473 e. The van der Waals surface area contributed by atoms with Gasteiger partial charge in [-0.15, -0.1) is 0 Å². The minimum atomic E-state index is 0.481. The van der Waals surface area contributed by atoms with E-state index in [1.807, 2.05) is 78.9 Å². The van der Waals surface area contributed by atoms with Gasteiger partial charge in [0.05, 0.1) is 5.69 Å². The first-order valence-electron chi connectivity index (χ1n) is 9.97. The van der Waals surface area contributed by atoms with E-state index in [-0.39, 0.29) is 0 Å². The standard InChI is InChI=1S/C24H20N6O/c1-3-7-18(8-4-1)16-31-23-13-19(11-12-25-23)15-26-22-14-21(20-9-5-2-6-10-20)29-24-27-17-28-30(22)24/h1-14,17,26H,15-16H2. The van der Waals surface area contributed by atoms with Gasteiger partial charge in [-0.2, -0.15) is 14.6 Å². The first-order valence-corrected chi connectivity index (χ1v) is 9.97. The lowest BCUT2D eigenvalue weighted by Gasteiger charge is -2.11. The molecule has 0 aliphatic rings. The molecule has 7 heteroatoms. The Morgan fingerprint density at radius 1 is 0.839 bits per heavy atom. The lowest BCUT2D eigenvalue weighted by molar-refractivity contribution is 0.293.